The first-order valence-corrected chi connectivity index (χ1v) is 7.42. The zero-order valence-electron chi connectivity index (χ0n) is 11.5. The van der Waals surface area contributed by atoms with Crippen molar-refractivity contribution in [2.24, 2.45) is 0 Å². The lowest BCUT2D eigenvalue weighted by Crippen LogP contribution is -2.07. The van der Waals surface area contributed by atoms with Crippen molar-refractivity contribution in [3.8, 4) is 0 Å². The summed E-state index contributed by atoms with van der Waals surface area (Å²) in [6.07, 6.45) is 3.90. The molecule has 0 spiro atoms. The Morgan fingerprint density at radius 1 is 1.30 bits per heavy atom. The molecule has 2 aromatic heterocycles. The third-order valence-electron chi connectivity index (χ3n) is 2.75. The second-order valence-corrected chi connectivity index (χ2v) is 5.15. The molecule has 2 rings (SSSR count). The molecule has 110 valence electrons. The van der Waals surface area contributed by atoms with Crippen molar-refractivity contribution >= 4 is 27.5 Å². The Morgan fingerprint density at radius 3 is 3.00 bits per heavy atom. The molecule has 0 radical (unpaired) electrons. The van der Waals surface area contributed by atoms with Gasteiger partial charge in [-0.3, -0.25) is 0 Å². The zero-order chi connectivity index (χ0) is 14.2. The van der Waals surface area contributed by atoms with Crippen LogP contribution in [-0.2, 0) is 9.47 Å². The monoisotopic (exact) mass is 342 g/mol. The minimum Gasteiger partial charge on any atom is -0.382 e. The van der Waals surface area contributed by atoms with E-state index < -0.39 is 0 Å². The molecular formula is C13H19BrN4O2. The molecule has 0 aliphatic carbocycles. The maximum Gasteiger partial charge on any atom is 0.243 e. The Kier molecular flexibility index (Phi) is 6.23. The molecule has 0 unspecified atom stereocenters. The van der Waals surface area contributed by atoms with Gasteiger partial charge < -0.3 is 14.8 Å². The molecule has 7 heteroatoms. The van der Waals surface area contributed by atoms with Crippen molar-refractivity contribution in [2.75, 3.05) is 38.8 Å². The van der Waals surface area contributed by atoms with Crippen LogP contribution in [0.25, 0.3) is 5.65 Å². The summed E-state index contributed by atoms with van der Waals surface area (Å²) in [5.74, 6) is 0.650. The Labute approximate surface area is 126 Å². The summed E-state index contributed by atoms with van der Waals surface area (Å²) in [7, 11) is 1.67. The highest BCUT2D eigenvalue weighted by molar-refractivity contribution is 9.10. The van der Waals surface area contributed by atoms with Crippen LogP contribution in [0.2, 0.25) is 0 Å². The number of anilines is 1. The van der Waals surface area contributed by atoms with Gasteiger partial charge in [0.05, 0.1) is 17.7 Å². The van der Waals surface area contributed by atoms with E-state index in [4.69, 9.17) is 9.47 Å². The second-order valence-electron chi connectivity index (χ2n) is 4.30. The van der Waals surface area contributed by atoms with Gasteiger partial charge in [0.1, 0.15) is 0 Å². The van der Waals surface area contributed by atoms with E-state index in [0.717, 1.165) is 36.1 Å². The molecule has 0 aliphatic heterocycles. The molecule has 0 fully saturated rings. The van der Waals surface area contributed by atoms with E-state index in [9.17, 15) is 0 Å². The van der Waals surface area contributed by atoms with E-state index in [2.05, 4.69) is 31.3 Å². The maximum absolute atomic E-state index is 5.40. The zero-order valence-corrected chi connectivity index (χ0v) is 13.1. The largest absolute Gasteiger partial charge is 0.382 e. The predicted octanol–water partition coefficient (Wildman–Crippen LogP) is 2.35. The number of unbranched alkanes of at least 4 members (excludes halogenated alkanes) is 1. The highest BCUT2D eigenvalue weighted by Crippen LogP contribution is 2.16. The van der Waals surface area contributed by atoms with Gasteiger partial charge in [0.25, 0.3) is 0 Å². The van der Waals surface area contributed by atoms with Gasteiger partial charge in [-0.15, -0.1) is 5.10 Å². The van der Waals surface area contributed by atoms with Crippen molar-refractivity contribution < 1.29 is 9.47 Å². The van der Waals surface area contributed by atoms with E-state index in [-0.39, 0.29) is 0 Å². The van der Waals surface area contributed by atoms with E-state index >= 15 is 0 Å². The lowest BCUT2D eigenvalue weighted by atomic mass is 10.3. The first-order valence-electron chi connectivity index (χ1n) is 6.62. The molecule has 0 saturated heterocycles. The molecule has 0 amide bonds. The molecule has 0 aromatic carbocycles. The van der Waals surface area contributed by atoms with Gasteiger partial charge in [0, 0.05) is 26.5 Å². The number of pyridine rings is 1. The summed E-state index contributed by atoms with van der Waals surface area (Å²) in [5.41, 5.74) is 0.817. The molecule has 6 nitrogen and oxygen atoms in total. The number of rotatable bonds is 9. The van der Waals surface area contributed by atoms with Crippen molar-refractivity contribution in [3.63, 3.8) is 0 Å². The molecule has 2 heterocycles. The lowest BCUT2D eigenvalue weighted by molar-refractivity contribution is 0.0691. The van der Waals surface area contributed by atoms with E-state index in [1.54, 1.807) is 11.6 Å². The highest BCUT2D eigenvalue weighted by atomic mass is 79.9. The van der Waals surface area contributed by atoms with Crippen molar-refractivity contribution in [3.05, 3.63) is 22.8 Å². The lowest BCUT2D eigenvalue weighted by Gasteiger charge is -2.03. The van der Waals surface area contributed by atoms with Crippen molar-refractivity contribution in [2.45, 2.75) is 12.8 Å². The Hall–Kier alpha value is -1.18. The average Bonchev–Trinajstić information content (AvgIpc) is 2.86. The fraction of sp³-hybridized carbons (Fsp3) is 0.538. The molecule has 1 N–H and O–H groups in total. The minimum absolute atomic E-state index is 0.650. The summed E-state index contributed by atoms with van der Waals surface area (Å²) >= 11 is 3.46. The molecule has 0 saturated carbocycles. The number of aromatic nitrogens is 3. The number of ether oxygens (including phenoxy) is 2. The van der Waals surface area contributed by atoms with Crippen LogP contribution in [-0.4, -0.2) is 48.1 Å². The normalized spacial score (nSPS) is 11.1. The fourth-order valence-corrected chi connectivity index (χ4v) is 2.15. The number of nitrogens with one attached hydrogen (secondary N) is 1. The van der Waals surface area contributed by atoms with Crippen molar-refractivity contribution in [1.29, 1.82) is 0 Å². The first-order chi connectivity index (χ1) is 9.81. The summed E-state index contributed by atoms with van der Waals surface area (Å²) in [4.78, 5) is 4.42. The summed E-state index contributed by atoms with van der Waals surface area (Å²) in [6, 6.07) is 3.87. The van der Waals surface area contributed by atoms with Crippen LogP contribution in [0.1, 0.15) is 12.8 Å². The SMILES string of the molecule is COCCOCCCCNc1nc2c(Br)cccn2n1. The van der Waals surface area contributed by atoms with Gasteiger partial charge >= 0.3 is 0 Å². The van der Waals surface area contributed by atoms with Gasteiger partial charge in [-0.1, -0.05) is 0 Å². The van der Waals surface area contributed by atoms with Crippen molar-refractivity contribution in [1.82, 2.24) is 14.6 Å². The molecule has 2 aromatic rings. The molecule has 0 aliphatic rings. The predicted molar refractivity (Wildman–Crippen MR) is 81.1 cm³/mol. The maximum atomic E-state index is 5.40. The summed E-state index contributed by atoms with van der Waals surface area (Å²) in [5, 5.41) is 7.57. The highest BCUT2D eigenvalue weighted by Gasteiger charge is 2.04. The second kappa shape index (κ2) is 8.18. The molecule has 20 heavy (non-hydrogen) atoms. The molecular weight excluding hydrogens is 324 g/mol. The van der Waals surface area contributed by atoms with Crippen LogP contribution in [0.4, 0.5) is 5.95 Å². The standard InChI is InChI=1S/C13H19BrN4O2/c1-19-9-10-20-8-3-2-6-15-13-16-12-11(14)5-4-7-18(12)17-13/h4-5,7H,2-3,6,8-10H2,1H3,(H,15,17). The van der Waals surface area contributed by atoms with Crippen LogP contribution >= 0.6 is 15.9 Å². The van der Waals surface area contributed by atoms with Crippen LogP contribution in [0.15, 0.2) is 22.8 Å². The van der Waals surface area contributed by atoms with Gasteiger partial charge in [0.2, 0.25) is 5.95 Å². The Morgan fingerprint density at radius 2 is 2.20 bits per heavy atom. The van der Waals surface area contributed by atoms with Crippen LogP contribution in [0.3, 0.4) is 0 Å². The fourth-order valence-electron chi connectivity index (χ4n) is 1.72. The number of halogens is 1. The number of nitrogens with zero attached hydrogens (tertiary/aromatic N) is 3. The van der Waals surface area contributed by atoms with E-state index in [1.165, 1.54) is 0 Å². The molecule has 0 bridgehead atoms. The van der Waals surface area contributed by atoms with E-state index in [0.29, 0.717) is 19.2 Å². The summed E-state index contributed by atoms with van der Waals surface area (Å²) < 4.78 is 13.0. The smallest absolute Gasteiger partial charge is 0.243 e. The number of hydrogen-bond donors (Lipinski definition) is 1. The van der Waals surface area contributed by atoms with Gasteiger partial charge in [-0.2, -0.15) is 4.98 Å². The topological polar surface area (TPSA) is 60.7 Å². The van der Waals surface area contributed by atoms with Crippen LogP contribution in [0, 0.1) is 0 Å². The van der Waals surface area contributed by atoms with Gasteiger partial charge in [-0.25, -0.2) is 4.52 Å². The average molecular weight is 343 g/mol. The number of fused-ring (bicyclic) bond motifs is 1. The third kappa shape index (κ3) is 4.43. The Balaban J connectivity index is 1.67. The van der Waals surface area contributed by atoms with Gasteiger partial charge in [0.15, 0.2) is 5.65 Å². The first kappa shape index (κ1) is 15.2. The third-order valence-corrected chi connectivity index (χ3v) is 3.36. The number of hydrogen-bond acceptors (Lipinski definition) is 5. The van der Waals surface area contributed by atoms with Crippen LogP contribution in [0.5, 0.6) is 0 Å². The molecule has 0 atom stereocenters. The minimum atomic E-state index is 0.650. The quantitative estimate of drug-likeness (QED) is 0.708. The van der Waals surface area contributed by atoms with E-state index in [1.807, 2.05) is 18.3 Å². The number of methoxy groups -OCH3 is 1. The van der Waals surface area contributed by atoms with Crippen LogP contribution < -0.4 is 5.32 Å². The Bertz CT molecular complexity index is 532. The summed E-state index contributed by atoms with van der Waals surface area (Å²) in [6.45, 7) is 2.90. The van der Waals surface area contributed by atoms with Gasteiger partial charge in [-0.05, 0) is 40.9 Å².